The zero-order valence-electron chi connectivity index (χ0n) is 16.8. The summed E-state index contributed by atoms with van der Waals surface area (Å²) in [6.07, 6.45) is 3.06. The van der Waals surface area contributed by atoms with Crippen molar-refractivity contribution in [3.8, 4) is 0 Å². The molecule has 0 aliphatic rings. The van der Waals surface area contributed by atoms with Crippen LogP contribution in [0.25, 0.3) is 0 Å². The number of benzene rings is 1. The van der Waals surface area contributed by atoms with Gasteiger partial charge in [0.2, 0.25) is 0 Å². The summed E-state index contributed by atoms with van der Waals surface area (Å²) < 4.78 is 1.95. The average molecular weight is 374 g/mol. The Balaban J connectivity index is 2.00. The van der Waals surface area contributed by atoms with Crippen LogP contribution < -0.4 is 10.6 Å². The van der Waals surface area contributed by atoms with Crippen LogP contribution in [0.4, 0.5) is 0 Å². The normalized spacial score (nSPS) is 11.7. The first kappa shape index (κ1) is 20.4. The molecule has 6 heteroatoms. The Morgan fingerprint density at radius 1 is 1.23 bits per heavy atom. The lowest BCUT2D eigenvalue weighted by Crippen LogP contribution is -2.38. The van der Waals surface area contributed by atoms with Gasteiger partial charge >= 0.3 is 0 Å². The number of hydrogen-bond donors (Lipinski definition) is 2. The van der Waals surface area contributed by atoms with E-state index in [0.29, 0.717) is 6.54 Å². The molecule has 0 saturated heterocycles. The second-order valence-electron chi connectivity index (χ2n) is 6.46. The topological polar surface area (TPSA) is 54.2 Å². The van der Waals surface area contributed by atoms with E-state index < -0.39 is 0 Å². The summed E-state index contributed by atoms with van der Waals surface area (Å²) in [5.41, 5.74) is 6.21. The summed E-state index contributed by atoms with van der Waals surface area (Å²) in [7, 11) is 2.00. The van der Waals surface area contributed by atoms with Crippen molar-refractivity contribution in [2.45, 2.75) is 45.6 Å². The summed E-state index contributed by atoms with van der Waals surface area (Å²) in [5, 5.41) is 11.3. The van der Waals surface area contributed by atoms with E-state index in [4.69, 9.17) is 4.99 Å². The Hall–Kier alpha value is -1.95. The van der Waals surface area contributed by atoms with E-state index >= 15 is 0 Å². The van der Waals surface area contributed by atoms with Crippen molar-refractivity contribution >= 4 is 17.7 Å². The van der Waals surface area contributed by atoms with Crippen LogP contribution in [0.15, 0.2) is 28.1 Å². The molecular formula is C20H31N5S. The summed E-state index contributed by atoms with van der Waals surface area (Å²) in [5.74, 6) is 0.860. The van der Waals surface area contributed by atoms with Crippen LogP contribution in [0.5, 0.6) is 0 Å². The molecule has 0 aliphatic carbocycles. The molecule has 0 saturated carbocycles. The Labute approximate surface area is 161 Å². The molecule has 1 heterocycles. The maximum absolute atomic E-state index is 4.76. The first-order valence-electron chi connectivity index (χ1n) is 9.11. The molecule has 2 aromatic rings. The Morgan fingerprint density at radius 3 is 2.62 bits per heavy atom. The van der Waals surface area contributed by atoms with Crippen LogP contribution in [0.1, 0.15) is 35.0 Å². The number of rotatable bonds is 7. The van der Waals surface area contributed by atoms with E-state index in [1.54, 1.807) is 11.8 Å². The van der Waals surface area contributed by atoms with Crippen LogP contribution in [-0.4, -0.2) is 35.1 Å². The number of nitrogens with zero attached hydrogens (tertiary/aromatic N) is 3. The molecule has 0 radical (unpaired) electrons. The van der Waals surface area contributed by atoms with E-state index in [-0.39, 0.29) is 0 Å². The highest BCUT2D eigenvalue weighted by Gasteiger charge is 2.09. The van der Waals surface area contributed by atoms with Gasteiger partial charge in [-0.25, -0.2) is 4.99 Å². The molecular weight excluding hydrogens is 342 g/mol. The molecule has 0 amide bonds. The molecule has 1 aromatic heterocycles. The fourth-order valence-corrected chi connectivity index (χ4v) is 3.67. The van der Waals surface area contributed by atoms with Crippen LogP contribution in [0.3, 0.4) is 0 Å². The second kappa shape index (κ2) is 9.67. The van der Waals surface area contributed by atoms with Gasteiger partial charge in [-0.05, 0) is 63.1 Å². The van der Waals surface area contributed by atoms with Crippen molar-refractivity contribution in [3.63, 3.8) is 0 Å². The maximum atomic E-state index is 4.76. The number of aromatic nitrogens is 2. The lowest BCUT2D eigenvalue weighted by Gasteiger charge is -2.12. The minimum atomic E-state index is 0.677. The second-order valence-corrected chi connectivity index (χ2v) is 7.31. The molecule has 0 atom stereocenters. The number of nitrogens with one attached hydrogen (secondary N) is 2. The van der Waals surface area contributed by atoms with Crippen LogP contribution >= 0.6 is 11.8 Å². The third kappa shape index (κ3) is 5.27. The standard InChI is InChI=1S/C20H31N5S/c1-7-21-20(22-11-10-18-15(3)24-25(5)16(18)4)23-13-17-9-8-14(2)12-19(17)26-6/h8-9,12H,7,10-11,13H2,1-6H3,(H2,21,22,23). The van der Waals surface area contributed by atoms with Crippen molar-refractivity contribution in [3.05, 3.63) is 46.3 Å². The van der Waals surface area contributed by atoms with Gasteiger partial charge in [0.1, 0.15) is 0 Å². The molecule has 0 unspecified atom stereocenters. The van der Waals surface area contributed by atoms with E-state index in [2.05, 4.69) is 67.9 Å². The van der Waals surface area contributed by atoms with Crippen molar-refractivity contribution in [2.75, 3.05) is 19.3 Å². The number of guanidine groups is 1. The molecule has 2 rings (SSSR count). The SMILES string of the molecule is CCNC(=NCc1ccc(C)cc1SC)NCCc1c(C)nn(C)c1C. The van der Waals surface area contributed by atoms with Crippen molar-refractivity contribution in [1.82, 2.24) is 20.4 Å². The predicted molar refractivity (Wildman–Crippen MR) is 112 cm³/mol. The van der Waals surface area contributed by atoms with Crippen molar-refractivity contribution in [1.29, 1.82) is 0 Å². The highest BCUT2D eigenvalue weighted by Crippen LogP contribution is 2.22. The van der Waals surface area contributed by atoms with Crippen molar-refractivity contribution in [2.24, 2.45) is 12.0 Å². The third-order valence-electron chi connectivity index (χ3n) is 4.52. The van der Waals surface area contributed by atoms with Gasteiger partial charge < -0.3 is 10.6 Å². The van der Waals surface area contributed by atoms with E-state index in [1.165, 1.54) is 27.3 Å². The molecule has 2 N–H and O–H groups in total. The molecule has 5 nitrogen and oxygen atoms in total. The van der Waals surface area contributed by atoms with E-state index in [9.17, 15) is 0 Å². The Bertz CT molecular complexity index is 764. The monoisotopic (exact) mass is 373 g/mol. The maximum Gasteiger partial charge on any atom is 0.191 e. The van der Waals surface area contributed by atoms with E-state index in [1.807, 2.05) is 11.7 Å². The molecule has 1 aromatic carbocycles. The van der Waals surface area contributed by atoms with Gasteiger partial charge in [0, 0.05) is 30.7 Å². The molecule has 26 heavy (non-hydrogen) atoms. The summed E-state index contributed by atoms with van der Waals surface area (Å²) in [6, 6.07) is 6.55. The summed E-state index contributed by atoms with van der Waals surface area (Å²) in [4.78, 5) is 6.06. The first-order valence-corrected chi connectivity index (χ1v) is 10.3. The van der Waals surface area contributed by atoms with Crippen LogP contribution in [0.2, 0.25) is 0 Å². The molecule has 0 fully saturated rings. The van der Waals surface area contributed by atoms with Gasteiger partial charge in [-0.15, -0.1) is 11.8 Å². The number of aliphatic imine (C=N–C) groups is 1. The van der Waals surface area contributed by atoms with Crippen LogP contribution in [-0.2, 0) is 20.0 Å². The molecule has 142 valence electrons. The fraction of sp³-hybridized carbons (Fsp3) is 0.500. The largest absolute Gasteiger partial charge is 0.357 e. The van der Waals surface area contributed by atoms with Gasteiger partial charge in [0.05, 0.1) is 12.2 Å². The number of aryl methyl sites for hydroxylation is 3. The molecule has 0 bridgehead atoms. The lowest BCUT2D eigenvalue weighted by atomic mass is 10.1. The Morgan fingerprint density at radius 2 is 2.00 bits per heavy atom. The quantitative estimate of drug-likeness (QED) is 0.444. The minimum Gasteiger partial charge on any atom is -0.357 e. The molecule has 0 spiro atoms. The summed E-state index contributed by atoms with van der Waals surface area (Å²) >= 11 is 1.78. The highest BCUT2D eigenvalue weighted by molar-refractivity contribution is 7.98. The van der Waals surface area contributed by atoms with Gasteiger partial charge in [0.15, 0.2) is 5.96 Å². The van der Waals surface area contributed by atoms with Gasteiger partial charge in [-0.3, -0.25) is 4.68 Å². The van der Waals surface area contributed by atoms with Gasteiger partial charge in [-0.1, -0.05) is 12.1 Å². The van der Waals surface area contributed by atoms with Gasteiger partial charge in [0.25, 0.3) is 0 Å². The fourth-order valence-electron chi connectivity index (χ4n) is 2.97. The third-order valence-corrected chi connectivity index (χ3v) is 5.34. The molecule has 0 aliphatic heterocycles. The predicted octanol–water partition coefficient (Wildman–Crippen LogP) is 3.37. The number of hydrogen-bond acceptors (Lipinski definition) is 3. The first-order chi connectivity index (χ1) is 12.5. The van der Waals surface area contributed by atoms with Crippen LogP contribution in [0, 0.1) is 20.8 Å². The summed E-state index contributed by atoms with van der Waals surface area (Å²) in [6.45, 7) is 10.8. The smallest absolute Gasteiger partial charge is 0.191 e. The highest BCUT2D eigenvalue weighted by atomic mass is 32.2. The van der Waals surface area contributed by atoms with Gasteiger partial charge in [-0.2, -0.15) is 5.10 Å². The van der Waals surface area contributed by atoms with Crippen molar-refractivity contribution < 1.29 is 0 Å². The Kier molecular flexibility index (Phi) is 7.57. The van der Waals surface area contributed by atoms with E-state index in [0.717, 1.165) is 31.2 Å². The average Bonchev–Trinajstić information content (AvgIpc) is 2.86. The minimum absolute atomic E-state index is 0.677. The lowest BCUT2D eigenvalue weighted by molar-refractivity contribution is 0.729. The zero-order valence-corrected chi connectivity index (χ0v) is 17.6. The number of thioether (sulfide) groups is 1. The zero-order chi connectivity index (χ0) is 19.1.